The van der Waals surface area contributed by atoms with Gasteiger partial charge in [-0.2, -0.15) is 13.2 Å². The van der Waals surface area contributed by atoms with E-state index in [9.17, 15) is 13.2 Å². The maximum Gasteiger partial charge on any atom is 0.405 e. The molecule has 5 heteroatoms. The molecule has 2 nitrogen and oxygen atoms in total. The summed E-state index contributed by atoms with van der Waals surface area (Å²) in [5, 5.41) is 7.13. The van der Waals surface area contributed by atoms with Crippen LogP contribution < -0.4 is 0 Å². The molecule has 0 amide bonds. The molecule has 0 aromatic carbocycles. The minimum absolute atomic E-state index is 0.00910. The van der Waals surface area contributed by atoms with Gasteiger partial charge in [0.05, 0.1) is 5.84 Å². The molecule has 0 aromatic rings. The van der Waals surface area contributed by atoms with Gasteiger partial charge >= 0.3 is 6.18 Å². The van der Waals surface area contributed by atoms with Gasteiger partial charge in [-0.3, -0.25) is 5.41 Å². The Morgan fingerprint density at radius 2 is 2.00 bits per heavy atom. The first kappa shape index (κ1) is 9.35. The van der Waals surface area contributed by atoms with Crippen LogP contribution in [-0.2, 0) is 0 Å². The molecule has 1 saturated carbocycles. The van der Waals surface area contributed by atoms with Crippen LogP contribution in [0.2, 0.25) is 0 Å². The zero-order valence-corrected chi connectivity index (χ0v) is 6.78. The predicted molar refractivity (Wildman–Crippen MR) is 39.2 cm³/mol. The van der Waals surface area contributed by atoms with E-state index in [0.29, 0.717) is 0 Å². The van der Waals surface area contributed by atoms with E-state index in [1.165, 1.54) is 6.92 Å². The second-order valence-corrected chi connectivity index (χ2v) is 3.06. The van der Waals surface area contributed by atoms with Crippen molar-refractivity contribution in [3.8, 4) is 0 Å². The highest BCUT2D eigenvalue weighted by molar-refractivity contribution is 5.77. The van der Waals surface area contributed by atoms with E-state index in [-0.39, 0.29) is 11.9 Å². The zero-order chi connectivity index (χ0) is 9.35. The van der Waals surface area contributed by atoms with Crippen molar-refractivity contribution < 1.29 is 13.2 Å². The van der Waals surface area contributed by atoms with E-state index in [1.54, 1.807) is 0 Å². The minimum atomic E-state index is -4.19. The van der Waals surface area contributed by atoms with Gasteiger partial charge in [0.2, 0.25) is 0 Å². The normalized spacial score (nSPS) is 17.7. The number of hydrogen-bond donors (Lipinski definition) is 1. The van der Waals surface area contributed by atoms with E-state index in [0.717, 1.165) is 17.7 Å². The Balaban J connectivity index is 2.49. The molecule has 12 heavy (non-hydrogen) atoms. The van der Waals surface area contributed by atoms with Crippen LogP contribution in [-0.4, -0.2) is 29.5 Å². The van der Waals surface area contributed by atoms with Crippen molar-refractivity contribution in [1.82, 2.24) is 4.90 Å². The monoisotopic (exact) mass is 180 g/mol. The fourth-order valence-corrected chi connectivity index (χ4v) is 1.10. The van der Waals surface area contributed by atoms with E-state index in [1.807, 2.05) is 0 Å². The van der Waals surface area contributed by atoms with Crippen LogP contribution in [0.15, 0.2) is 0 Å². The Morgan fingerprint density at radius 3 is 2.25 bits per heavy atom. The zero-order valence-electron chi connectivity index (χ0n) is 6.78. The second-order valence-electron chi connectivity index (χ2n) is 3.06. The maximum absolute atomic E-state index is 11.9. The van der Waals surface area contributed by atoms with Gasteiger partial charge in [0, 0.05) is 6.04 Å². The average molecular weight is 180 g/mol. The minimum Gasteiger partial charge on any atom is -0.349 e. The highest BCUT2D eigenvalue weighted by Crippen LogP contribution is 2.29. The number of halogens is 3. The maximum atomic E-state index is 11.9. The van der Waals surface area contributed by atoms with Gasteiger partial charge in [-0.05, 0) is 19.8 Å². The lowest BCUT2D eigenvalue weighted by molar-refractivity contribution is -0.138. The van der Waals surface area contributed by atoms with Gasteiger partial charge < -0.3 is 4.90 Å². The van der Waals surface area contributed by atoms with Crippen LogP contribution in [0.3, 0.4) is 0 Å². The molecule has 0 bridgehead atoms. The lowest BCUT2D eigenvalue weighted by Gasteiger charge is -2.23. The highest BCUT2D eigenvalue weighted by atomic mass is 19.4. The smallest absolute Gasteiger partial charge is 0.349 e. The van der Waals surface area contributed by atoms with Crippen molar-refractivity contribution in [1.29, 1.82) is 5.41 Å². The molecular formula is C7H11F3N2. The van der Waals surface area contributed by atoms with Crippen LogP contribution in [0.25, 0.3) is 0 Å². The molecule has 70 valence electrons. The van der Waals surface area contributed by atoms with Gasteiger partial charge in [-0.25, -0.2) is 0 Å². The van der Waals surface area contributed by atoms with E-state index >= 15 is 0 Å². The predicted octanol–water partition coefficient (Wildman–Crippen LogP) is 2.01. The van der Waals surface area contributed by atoms with Crippen LogP contribution in [0.5, 0.6) is 0 Å². The van der Waals surface area contributed by atoms with Crippen molar-refractivity contribution in [3.05, 3.63) is 0 Å². The Hall–Kier alpha value is -0.740. The topological polar surface area (TPSA) is 27.1 Å². The molecular weight excluding hydrogens is 169 g/mol. The number of rotatable bonds is 2. The van der Waals surface area contributed by atoms with Crippen molar-refractivity contribution in [2.24, 2.45) is 0 Å². The first-order valence-corrected chi connectivity index (χ1v) is 3.79. The van der Waals surface area contributed by atoms with Crippen molar-refractivity contribution >= 4 is 5.84 Å². The fourth-order valence-electron chi connectivity index (χ4n) is 1.10. The summed E-state index contributed by atoms with van der Waals surface area (Å²) in [6, 6.07) is -0.0378. The average Bonchev–Trinajstić information content (AvgIpc) is 2.61. The first-order chi connectivity index (χ1) is 5.40. The Morgan fingerprint density at radius 1 is 1.50 bits per heavy atom. The quantitative estimate of drug-likeness (QED) is 0.510. The van der Waals surface area contributed by atoms with Crippen molar-refractivity contribution in [3.63, 3.8) is 0 Å². The summed E-state index contributed by atoms with van der Waals surface area (Å²) in [5.41, 5.74) is 0. The Kier molecular flexibility index (Phi) is 2.30. The van der Waals surface area contributed by atoms with E-state index in [4.69, 9.17) is 5.41 Å². The van der Waals surface area contributed by atoms with Crippen molar-refractivity contribution in [2.75, 3.05) is 6.54 Å². The standard InChI is InChI=1S/C7H11F3N2/c1-5(11)12(6-2-3-6)4-7(8,9)10/h6,11H,2-4H2,1H3. The fraction of sp³-hybridized carbons (Fsp3) is 0.857. The Labute approximate surface area is 68.9 Å². The molecule has 1 aliphatic carbocycles. The summed E-state index contributed by atoms with van der Waals surface area (Å²) in [4.78, 5) is 1.11. The molecule has 0 atom stereocenters. The second kappa shape index (κ2) is 2.95. The summed E-state index contributed by atoms with van der Waals surface area (Å²) < 4.78 is 35.7. The van der Waals surface area contributed by atoms with Gasteiger partial charge in [-0.1, -0.05) is 0 Å². The van der Waals surface area contributed by atoms with E-state index < -0.39 is 12.7 Å². The number of amidine groups is 1. The number of nitrogens with one attached hydrogen (secondary N) is 1. The first-order valence-electron chi connectivity index (χ1n) is 3.79. The summed E-state index contributed by atoms with van der Waals surface area (Å²) in [6.45, 7) is 0.414. The van der Waals surface area contributed by atoms with Gasteiger partial charge in [0.15, 0.2) is 0 Å². The number of hydrogen-bond acceptors (Lipinski definition) is 1. The van der Waals surface area contributed by atoms with Crippen LogP contribution in [0.1, 0.15) is 19.8 Å². The molecule has 0 radical (unpaired) electrons. The van der Waals surface area contributed by atoms with Crippen LogP contribution in [0, 0.1) is 5.41 Å². The molecule has 0 aliphatic heterocycles. The molecule has 1 rings (SSSR count). The summed E-state index contributed by atoms with van der Waals surface area (Å²) in [6.07, 6.45) is -2.62. The van der Waals surface area contributed by atoms with Gasteiger partial charge in [0.1, 0.15) is 6.54 Å². The van der Waals surface area contributed by atoms with Crippen LogP contribution >= 0.6 is 0 Å². The molecule has 0 heterocycles. The molecule has 0 saturated heterocycles. The van der Waals surface area contributed by atoms with Gasteiger partial charge in [0.25, 0.3) is 0 Å². The molecule has 1 N–H and O–H groups in total. The number of alkyl halides is 3. The van der Waals surface area contributed by atoms with Crippen molar-refractivity contribution in [2.45, 2.75) is 32.0 Å². The largest absolute Gasteiger partial charge is 0.405 e. The third kappa shape index (κ3) is 2.71. The molecule has 1 fully saturated rings. The third-order valence-corrected chi connectivity index (χ3v) is 1.77. The summed E-state index contributed by atoms with van der Waals surface area (Å²) in [5.74, 6) is 0.00910. The lowest BCUT2D eigenvalue weighted by Crippen LogP contribution is -2.38. The lowest BCUT2D eigenvalue weighted by atomic mass is 10.4. The van der Waals surface area contributed by atoms with Gasteiger partial charge in [-0.15, -0.1) is 0 Å². The SMILES string of the molecule is CC(=N)N(CC(F)(F)F)C1CC1. The molecule has 0 spiro atoms. The third-order valence-electron chi connectivity index (χ3n) is 1.77. The molecule has 0 unspecified atom stereocenters. The van der Waals surface area contributed by atoms with E-state index in [2.05, 4.69) is 0 Å². The Bertz CT molecular complexity index is 184. The molecule has 1 aliphatic rings. The summed E-state index contributed by atoms with van der Waals surface area (Å²) >= 11 is 0. The molecule has 0 aromatic heterocycles. The highest BCUT2D eigenvalue weighted by Gasteiger charge is 2.38. The summed E-state index contributed by atoms with van der Waals surface area (Å²) in [7, 11) is 0. The van der Waals surface area contributed by atoms with Crippen LogP contribution in [0.4, 0.5) is 13.2 Å². The number of nitrogens with zero attached hydrogens (tertiary/aromatic N) is 1.